The summed E-state index contributed by atoms with van der Waals surface area (Å²) in [7, 11) is 0. The zero-order valence-corrected chi connectivity index (χ0v) is 16.5. The normalized spacial score (nSPS) is 10.6. The van der Waals surface area contributed by atoms with E-state index in [1.165, 1.54) is 6.07 Å². The van der Waals surface area contributed by atoms with Crippen LogP contribution in [-0.4, -0.2) is 23.6 Å². The zero-order valence-electron chi connectivity index (χ0n) is 15.7. The highest BCUT2D eigenvalue weighted by molar-refractivity contribution is 6.34. The van der Waals surface area contributed by atoms with Crippen LogP contribution in [0.5, 0.6) is 0 Å². The highest BCUT2D eigenvalue weighted by Crippen LogP contribution is 2.27. The molecular weight excluding hydrogens is 380 g/mol. The third kappa shape index (κ3) is 4.58. The number of benzene rings is 2. The Hall–Kier alpha value is -3.12. The van der Waals surface area contributed by atoms with E-state index in [2.05, 4.69) is 10.5 Å². The lowest BCUT2D eigenvalue weighted by Crippen LogP contribution is -2.21. The predicted octanol–water partition coefficient (Wildman–Crippen LogP) is 4.72. The number of hydrogen-bond acceptors (Lipinski definition) is 5. The molecule has 2 aromatic carbocycles. The average Bonchev–Trinajstić information content (AvgIpc) is 3.13. The van der Waals surface area contributed by atoms with Gasteiger partial charge in [0.15, 0.2) is 6.61 Å². The van der Waals surface area contributed by atoms with Gasteiger partial charge in [-0.25, -0.2) is 4.79 Å². The summed E-state index contributed by atoms with van der Waals surface area (Å²) < 4.78 is 10.0. The molecular formula is C21H19ClN2O4. The number of anilines is 1. The molecule has 0 radical (unpaired) electrons. The number of nitrogens with one attached hydrogen (secondary N) is 1. The number of amides is 1. The summed E-state index contributed by atoms with van der Waals surface area (Å²) in [5.41, 5.74) is 4.75. The maximum absolute atomic E-state index is 12.1. The topological polar surface area (TPSA) is 81.4 Å². The van der Waals surface area contributed by atoms with Gasteiger partial charge in [-0.2, -0.15) is 0 Å². The molecule has 0 unspecified atom stereocenters. The van der Waals surface area contributed by atoms with E-state index in [9.17, 15) is 9.59 Å². The first-order valence-corrected chi connectivity index (χ1v) is 8.99. The monoisotopic (exact) mass is 398 g/mol. The number of ether oxygens (including phenoxy) is 1. The molecule has 28 heavy (non-hydrogen) atoms. The number of aryl methyl sites for hydroxylation is 3. The maximum atomic E-state index is 12.1. The van der Waals surface area contributed by atoms with Gasteiger partial charge in [0.2, 0.25) is 5.76 Å². The Morgan fingerprint density at radius 2 is 1.79 bits per heavy atom. The van der Waals surface area contributed by atoms with E-state index in [1.54, 1.807) is 6.07 Å². The van der Waals surface area contributed by atoms with Gasteiger partial charge in [0.1, 0.15) is 5.69 Å². The molecule has 1 heterocycles. The van der Waals surface area contributed by atoms with Crippen molar-refractivity contribution in [2.24, 2.45) is 0 Å². The van der Waals surface area contributed by atoms with E-state index in [4.69, 9.17) is 20.9 Å². The second kappa shape index (κ2) is 8.27. The highest BCUT2D eigenvalue weighted by atomic mass is 35.5. The van der Waals surface area contributed by atoms with E-state index in [0.29, 0.717) is 16.4 Å². The fourth-order valence-corrected chi connectivity index (χ4v) is 3.05. The van der Waals surface area contributed by atoms with E-state index >= 15 is 0 Å². The molecule has 144 valence electrons. The van der Waals surface area contributed by atoms with E-state index in [1.807, 2.05) is 51.1 Å². The van der Waals surface area contributed by atoms with Crippen molar-refractivity contribution in [3.63, 3.8) is 0 Å². The number of carbonyl (C=O) groups is 2. The number of rotatable bonds is 5. The van der Waals surface area contributed by atoms with Crippen molar-refractivity contribution in [1.29, 1.82) is 0 Å². The van der Waals surface area contributed by atoms with E-state index < -0.39 is 18.5 Å². The largest absolute Gasteiger partial charge is 0.450 e. The minimum Gasteiger partial charge on any atom is -0.450 e. The molecule has 0 aliphatic rings. The van der Waals surface area contributed by atoms with Gasteiger partial charge in [-0.1, -0.05) is 52.7 Å². The lowest BCUT2D eigenvalue weighted by molar-refractivity contribution is -0.119. The minimum atomic E-state index is -0.771. The smallest absolute Gasteiger partial charge is 0.377 e. The Kier molecular flexibility index (Phi) is 5.80. The van der Waals surface area contributed by atoms with Crippen LogP contribution in [0.1, 0.15) is 27.2 Å². The summed E-state index contributed by atoms with van der Waals surface area (Å²) in [6.07, 6.45) is 0. The summed E-state index contributed by atoms with van der Waals surface area (Å²) in [6, 6.07) is 12.7. The molecule has 1 aromatic heterocycles. The first-order valence-electron chi connectivity index (χ1n) is 8.61. The number of hydrogen-bond donors (Lipinski definition) is 1. The van der Waals surface area contributed by atoms with Gasteiger partial charge in [0.05, 0.1) is 10.7 Å². The van der Waals surface area contributed by atoms with Crippen molar-refractivity contribution in [3.8, 4) is 11.3 Å². The molecule has 0 atom stereocenters. The van der Waals surface area contributed by atoms with Crippen molar-refractivity contribution >= 4 is 29.2 Å². The summed E-state index contributed by atoms with van der Waals surface area (Å²) in [5, 5.41) is 6.95. The first-order chi connectivity index (χ1) is 13.3. The molecule has 3 rings (SSSR count). The minimum absolute atomic E-state index is 0.0760. The van der Waals surface area contributed by atoms with Crippen LogP contribution in [0.15, 0.2) is 47.0 Å². The third-order valence-electron chi connectivity index (χ3n) is 4.09. The second-order valence-electron chi connectivity index (χ2n) is 6.51. The van der Waals surface area contributed by atoms with Crippen LogP contribution >= 0.6 is 11.6 Å². The molecule has 0 spiro atoms. The molecule has 1 amide bonds. The van der Waals surface area contributed by atoms with Crippen LogP contribution in [0.4, 0.5) is 5.69 Å². The quantitative estimate of drug-likeness (QED) is 0.629. The molecule has 0 bridgehead atoms. The van der Waals surface area contributed by atoms with Gasteiger partial charge in [-0.05, 0) is 38.0 Å². The molecule has 0 fully saturated rings. The number of nitrogens with zero attached hydrogens (tertiary/aromatic N) is 1. The Morgan fingerprint density at radius 3 is 2.46 bits per heavy atom. The summed E-state index contributed by atoms with van der Waals surface area (Å²) in [5.74, 6) is -1.35. The fraction of sp³-hybridized carbons (Fsp3) is 0.190. The van der Waals surface area contributed by atoms with Gasteiger partial charge in [-0.3, -0.25) is 4.79 Å². The highest BCUT2D eigenvalue weighted by Gasteiger charge is 2.18. The average molecular weight is 399 g/mol. The summed E-state index contributed by atoms with van der Waals surface area (Å²) >= 11 is 6.16. The van der Waals surface area contributed by atoms with Gasteiger partial charge in [0.25, 0.3) is 5.91 Å². The van der Waals surface area contributed by atoms with Crippen molar-refractivity contribution in [3.05, 3.63) is 69.9 Å². The van der Waals surface area contributed by atoms with Gasteiger partial charge in [-0.15, -0.1) is 0 Å². The molecule has 6 nitrogen and oxygen atoms in total. The van der Waals surface area contributed by atoms with Crippen LogP contribution < -0.4 is 5.32 Å². The van der Waals surface area contributed by atoms with E-state index in [0.717, 1.165) is 22.3 Å². The molecule has 3 aromatic rings. The number of esters is 1. The Bertz CT molecular complexity index is 1000. The van der Waals surface area contributed by atoms with Crippen molar-refractivity contribution in [2.75, 3.05) is 11.9 Å². The van der Waals surface area contributed by atoms with Crippen LogP contribution in [-0.2, 0) is 9.53 Å². The van der Waals surface area contributed by atoms with Crippen LogP contribution in [0.3, 0.4) is 0 Å². The Morgan fingerprint density at radius 1 is 1.07 bits per heavy atom. The molecule has 0 aliphatic heterocycles. The van der Waals surface area contributed by atoms with Gasteiger partial charge in [0, 0.05) is 11.6 Å². The molecule has 0 saturated heterocycles. The van der Waals surface area contributed by atoms with Crippen molar-refractivity contribution < 1.29 is 18.8 Å². The fourth-order valence-electron chi connectivity index (χ4n) is 2.68. The first kappa shape index (κ1) is 19.6. The van der Waals surface area contributed by atoms with Gasteiger partial charge >= 0.3 is 5.97 Å². The van der Waals surface area contributed by atoms with Crippen molar-refractivity contribution in [1.82, 2.24) is 5.16 Å². The molecule has 7 heteroatoms. The Balaban J connectivity index is 1.60. The molecule has 0 saturated carbocycles. The number of aromatic nitrogens is 1. The SMILES string of the molecule is Cc1ccc(-c2cc(C(=O)OCC(=O)Nc3c(C)cc(C)cc3Cl)on2)cc1. The zero-order chi connectivity index (χ0) is 20.3. The third-order valence-corrected chi connectivity index (χ3v) is 4.39. The molecule has 1 N–H and O–H groups in total. The number of carbonyl (C=O) groups excluding carboxylic acids is 2. The predicted molar refractivity (Wildman–Crippen MR) is 107 cm³/mol. The molecule has 0 aliphatic carbocycles. The van der Waals surface area contributed by atoms with Crippen LogP contribution in [0.25, 0.3) is 11.3 Å². The van der Waals surface area contributed by atoms with Crippen LogP contribution in [0.2, 0.25) is 5.02 Å². The standard InChI is InChI=1S/C21H19ClN2O4/c1-12-4-6-15(7-5-12)17-10-18(28-24-17)21(26)27-11-19(25)23-20-14(3)8-13(2)9-16(20)22/h4-10H,11H2,1-3H3,(H,23,25). The van der Waals surface area contributed by atoms with Crippen LogP contribution in [0, 0.1) is 20.8 Å². The maximum Gasteiger partial charge on any atom is 0.377 e. The Labute approximate surface area is 167 Å². The van der Waals surface area contributed by atoms with Gasteiger partial charge < -0.3 is 14.6 Å². The lowest BCUT2D eigenvalue weighted by Gasteiger charge is -2.11. The number of halogens is 1. The summed E-state index contributed by atoms with van der Waals surface area (Å²) in [4.78, 5) is 24.2. The second-order valence-corrected chi connectivity index (χ2v) is 6.91. The van der Waals surface area contributed by atoms with Crippen molar-refractivity contribution in [2.45, 2.75) is 20.8 Å². The summed E-state index contributed by atoms with van der Waals surface area (Å²) in [6.45, 7) is 5.25. The lowest BCUT2D eigenvalue weighted by atomic mass is 10.1. The van der Waals surface area contributed by atoms with E-state index in [-0.39, 0.29) is 5.76 Å².